The summed E-state index contributed by atoms with van der Waals surface area (Å²) in [6.07, 6.45) is -2.39. The Kier molecular flexibility index (Phi) is 7.79. The minimum absolute atomic E-state index is 0.0921. The average molecular weight is 254 g/mol. The summed E-state index contributed by atoms with van der Waals surface area (Å²) >= 11 is 0. The number of nitrogens with zero attached hydrogens (tertiary/aromatic N) is 1. The molecule has 0 saturated carbocycles. The van der Waals surface area contributed by atoms with E-state index in [4.69, 9.17) is 0 Å². The Balaban J connectivity index is 4.19. The summed E-state index contributed by atoms with van der Waals surface area (Å²) < 4.78 is 37.2. The Bertz CT molecular complexity index is 195. The molecule has 0 rings (SSSR count). The van der Waals surface area contributed by atoms with Crippen molar-refractivity contribution in [2.75, 3.05) is 19.6 Å². The molecule has 104 valence electrons. The SMILES string of the molecule is CCCN(CC(F)(F)F)C(C)CNC(C)CC. The minimum atomic E-state index is -4.11. The third-order valence-electron chi connectivity index (χ3n) is 2.89. The number of hydrogen-bond donors (Lipinski definition) is 1. The lowest BCUT2D eigenvalue weighted by atomic mass is 10.2. The van der Waals surface area contributed by atoms with E-state index in [0.717, 1.165) is 12.8 Å². The van der Waals surface area contributed by atoms with Crippen molar-refractivity contribution in [1.29, 1.82) is 0 Å². The first-order chi connectivity index (χ1) is 7.80. The van der Waals surface area contributed by atoms with E-state index in [1.165, 1.54) is 4.90 Å². The van der Waals surface area contributed by atoms with Gasteiger partial charge in [0.25, 0.3) is 0 Å². The molecule has 0 radical (unpaired) electrons. The van der Waals surface area contributed by atoms with E-state index < -0.39 is 12.7 Å². The maximum Gasteiger partial charge on any atom is 0.401 e. The lowest BCUT2D eigenvalue weighted by molar-refractivity contribution is -0.150. The molecule has 0 spiro atoms. The molecular formula is C12H25F3N2. The van der Waals surface area contributed by atoms with Crippen LogP contribution in [-0.4, -0.2) is 42.8 Å². The zero-order valence-corrected chi connectivity index (χ0v) is 11.3. The zero-order valence-electron chi connectivity index (χ0n) is 11.3. The summed E-state index contributed by atoms with van der Waals surface area (Å²) in [5, 5.41) is 3.25. The predicted molar refractivity (Wildman–Crippen MR) is 65.1 cm³/mol. The summed E-state index contributed by atoms with van der Waals surface area (Å²) in [6.45, 7) is 8.12. The molecule has 0 aliphatic heterocycles. The third kappa shape index (κ3) is 8.44. The lowest BCUT2D eigenvalue weighted by Gasteiger charge is -2.30. The van der Waals surface area contributed by atoms with Crippen LogP contribution in [0.3, 0.4) is 0 Å². The number of halogens is 3. The van der Waals surface area contributed by atoms with Gasteiger partial charge in [-0.3, -0.25) is 4.90 Å². The first-order valence-electron chi connectivity index (χ1n) is 6.34. The van der Waals surface area contributed by atoms with Crippen LogP contribution in [0, 0.1) is 0 Å². The molecule has 1 N–H and O–H groups in total. The fraction of sp³-hybridized carbons (Fsp3) is 1.00. The molecule has 0 aliphatic rings. The van der Waals surface area contributed by atoms with Crippen molar-refractivity contribution in [2.45, 2.75) is 58.8 Å². The highest BCUT2D eigenvalue weighted by Crippen LogP contribution is 2.18. The molecule has 0 saturated heterocycles. The highest BCUT2D eigenvalue weighted by atomic mass is 19.4. The average Bonchev–Trinajstić information content (AvgIpc) is 2.23. The molecule has 2 atom stereocenters. The fourth-order valence-electron chi connectivity index (χ4n) is 1.62. The van der Waals surface area contributed by atoms with E-state index in [1.54, 1.807) is 0 Å². The quantitative estimate of drug-likeness (QED) is 0.716. The second-order valence-corrected chi connectivity index (χ2v) is 4.65. The Hall–Kier alpha value is -0.290. The van der Waals surface area contributed by atoms with Crippen LogP contribution in [0.5, 0.6) is 0 Å². The largest absolute Gasteiger partial charge is 0.401 e. The van der Waals surface area contributed by atoms with Crippen LogP contribution in [0.2, 0.25) is 0 Å². The molecular weight excluding hydrogens is 229 g/mol. The van der Waals surface area contributed by atoms with Crippen molar-refractivity contribution in [1.82, 2.24) is 10.2 Å². The first kappa shape index (κ1) is 16.7. The molecule has 0 aliphatic carbocycles. The molecule has 0 amide bonds. The fourth-order valence-corrected chi connectivity index (χ4v) is 1.62. The molecule has 0 aromatic rings. The van der Waals surface area contributed by atoms with Crippen molar-refractivity contribution >= 4 is 0 Å². The molecule has 2 unspecified atom stereocenters. The van der Waals surface area contributed by atoms with Crippen LogP contribution in [-0.2, 0) is 0 Å². The van der Waals surface area contributed by atoms with Gasteiger partial charge in [0.05, 0.1) is 6.54 Å². The van der Waals surface area contributed by atoms with Crippen LogP contribution < -0.4 is 5.32 Å². The van der Waals surface area contributed by atoms with Crippen LogP contribution in [0.25, 0.3) is 0 Å². The van der Waals surface area contributed by atoms with Gasteiger partial charge in [0, 0.05) is 18.6 Å². The standard InChI is InChI=1S/C12H25F3N2/c1-5-7-17(9-12(13,14)15)11(4)8-16-10(3)6-2/h10-11,16H,5-9H2,1-4H3. The van der Waals surface area contributed by atoms with Gasteiger partial charge >= 0.3 is 6.18 Å². The molecule has 0 aromatic carbocycles. The van der Waals surface area contributed by atoms with Crippen molar-refractivity contribution in [2.24, 2.45) is 0 Å². The van der Waals surface area contributed by atoms with Gasteiger partial charge in [-0.1, -0.05) is 13.8 Å². The van der Waals surface area contributed by atoms with E-state index in [1.807, 2.05) is 20.8 Å². The van der Waals surface area contributed by atoms with Crippen LogP contribution >= 0.6 is 0 Å². The molecule has 5 heteroatoms. The van der Waals surface area contributed by atoms with Crippen LogP contribution in [0.4, 0.5) is 13.2 Å². The van der Waals surface area contributed by atoms with E-state index in [2.05, 4.69) is 12.2 Å². The Morgan fingerprint density at radius 2 is 1.76 bits per heavy atom. The molecule has 17 heavy (non-hydrogen) atoms. The maximum atomic E-state index is 12.4. The molecule has 0 fully saturated rings. The van der Waals surface area contributed by atoms with Crippen molar-refractivity contribution in [3.05, 3.63) is 0 Å². The van der Waals surface area contributed by atoms with Gasteiger partial charge < -0.3 is 5.32 Å². The third-order valence-corrected chi connectivity index (χ3v) is 2.89. The highest BCUT2D eigenvalue weighted by molar-refractivity contribution is 4.73. The highest BCUT2D eigenvalue weighted by Gasteiger charge is 2.32. The predicted octanol–water partition coefficient (Wildman–Crippen LogP) is 3.04. The summed E-state index contributed by atoms with van der Waals surface area (Å²) in [5.74, 6) is 0. The number of alkyl halides is 3. The Morgan fingerprint density at radius 3 is 2.18 bits per heavy atom. The van der Waals surface area contributed by atoms with Crippen LogP contribution in [0.15, 0.2) is 0 Å². The second-order valence-electron chi connectivity index (χ2n) is 4.65. The Labute approximate surface area is 103 Å². The number of nitrogens with one attached hydrogen (secondary N) is 1. The molecule has 0 heterocycles. The normalized spacial score (nSPS) is 16.2. The summed E-state index contributed by atoms with van der Waals surface area (Å²) in [5.41, 5.74) is 0. The van der Waals surface area contributed by atoms with E-state index >= 15 is 0 Å². The monoisotopic (exact) mass is 254 g/mol. The van der Waals surface area contributed by atoms with Crippen molar-refractivity contribution in [3.8, 4) is 0 Å². The van der Waals surface area contributed by atoms with Gasteiger partial charge in [-0.25, -0.2) is 0 Å². The lowest BCUT2D eigenvalue weighted by Crippen LogP contribution is -2.46. The smallest absolute Gasteiger partial charge is 0.313 e. The molecule has 0 aromatic heterocycles. The topological polar surface area (TPSA) is 15.3 Å². The van der Waals surface area contributed by atoms with E-state index in [9.17, 15) is 13.2 Å². The zero-order chi connectivity index (χ0) is 13.5. The minimum Gasteiger partial charge on any atom is -0.313 e. The summed E-state index contributed by atoms with van der Waals surface area (Å²) in [6, 6.07) is 0.261. The van der Waals surface area contributed by atoms with E-state index in [-0.39, 0.29) is 6.04 Å². The molecule has 2 nitrogen and oxygen atoms in total. The number of rotatable bonds is 8. The Morgan fingerprint density at radius 1 is 1.18 bits per heavy atom. The number of hydrogen-bond acceptors (Lipinski definition) is 2. The summed E-state index contributed by atoms with van der Waals surface area (Å²) in [7, 11) is 0. The first-order valence-corrected chi connectivity index (χ1v) is 6.34. The van der Waals surface area contributed by atoms with Gasteiger partial charge in [-0.05, 0) is 33.2 Å². The maximum absolute atomic E-state index is 12.4. The van der Waals surface area contributed by atoms with Crippen molar-refractivity contribution < 1.29 is 13.2 Å². The van der Waals surface area contributed by atoms with Crippen molar-refractivity contribution in [3.63, 3.8) is 0 Å². The van der Waals surface area contributed by atoms with Gasteiger partial charge in [-0.2, -0.15) is 13.2 Å². The van der Waals surface area contributed by atoms with Crippen LogP contribution in [0.1, 0.15) is 40.5 Å². The van der Waals surface area contributed by atoms with Gasteiger partial charge in [-0.15, -0.1) is 0 Å². The summed E-state index contributed by atoms with van der Waals surface area (Å²) in [4.78, 5) is 1.50. The second kappa shape index (κ2) is 7.93. The van der Waals surface area contributed by atoms with Gasteiger partial charge in [0.2, 0.25) is 0 Å². The molecule has 0 bridgehead atoms. The van der Waals surface area contributed by atoms with Gasteiger partial charge in [0.15, 0.2) is 0 Å². The van der Waals surface area contributed by atoms with E-state index in [0.29, 0.717) is 19.1 Å². The van der Waals surface area contributed by atoms with Gasteiger partial charge in [0.1, 0.15) is 0 Å².